The summed E-state index contributed by atoms with van der Waals surface area (Å²) in [5, 5.41) is 0. The van der Waals surface area contributed by atoms with Crippen LogP contribution in [0, 0.1) is 0 Å². The van der Waals surface area contributed by atoms with E-state index in [0.717, 1.165) is 36.8 Å². The van der Waals surface area contributed by atoms with E-state index in [1.165, 1.54) is 4.57 Å². The monoisotopic (exact) mass is 553 g/mol. The molecule has 2 heterocycles. The van der Waals surface area contributed by atoms with Gasteiger partial charge < -0.3 is 10.7 Å². The van der Waals surface area contributed by atoms with Crippen LogP contribution in [0.2, 0.25) is 0 Å². The minimum Gasteiger partial charge on any atom is -0.399 e. The summed E-state index contributed by atoms with van der Waals surface area (Å²) in [6.45, 7) is 0.968. The highest BCUT2D eigenvalue weighted by Crippen LogP contribution is 2.13. The van der Waals surface area contributed by atoms with Crippen LogP contribution in [0.4, 0.5) is 5.69 Å². The van der Waals surface area contributed by atoms with Crippen LogP contribution < -0.4 is 17.0 Å². The highest BCUT2D eigenvalue weighted by Gasteiger charge is 2.17. The number of aryl methyl sites for hydroxylation is 2. The van der Waals surface area contributed by atoms with Crippen LogP contribution in [0.15, 0.2) is 64.2 Å². The average Bonchev–Trinajstić information content (AvgIpc) is 3.34. The van der Waals surface area contributed by atoms with Crippen LogP contribution in [0.1, 0.15) is 55.5 Å². The van der Waals surface area contributed by atoms with Gasteiger partial charge in [-0.1, -0.05) is 68.1 Å². The largest absolute Gasteiger partial charge is 0.399 e. The summed E-state index contributed by atoms with van der Waals surface area (Å²) in [6, 6.07) is 17.4. The number of H-pyrrole nitrogens is 1. The molecule has 0 aliphatic carbocycles. The fourth-order valence-corrected chi connectivity index (χ4v) is 4.88. The molecule has 0 fully saturated rings. The number of imidazole rings is 1. The number of nitrogens with one attached hydrogen (secondary N) is 1. The zero-order valence-corrected chi connectivity index (χ0v) is 22.7. The number of hydrogen-bond acceptors (Lipinski definition) is 6. The Hall–Kier alpha value is -3.54. The fourth-order valence-electron chi connectivity index (χ4n) is 4.62. The van der Waals surface area contributed by atoms with Crippen molar-refractivity contribution in [3.8, 4) is 0 Å². The van der Waals surface area contributed by atoms with E-state index >= 15 is 0 Å². The van der Waals surface area contributed by atoms with Crippen molar-refractivity contribution in [3.63, 3.8) is 0 Å². The van der Waals surface area contributed by atoms with E-state index in [0.29, 0.717) is 61.4 Å². The first-order valence-electron chi connectivity index (χ1n) is 13.3. The Labute approximate surface area is 229 Å². The number of unbranched alkanes of at least 4 members (excludes halogenated alkanes) is 5. The summed E-state index contributed by atoms with van der Waals surface area (Å²) in [5.41, 5.74) is 8.62. The number of hydrogen-bond donors (Lipinski definition) is 3. The highest BCUT2D eigenvalue weighted by molar-refractivity contribution is 7.74. The first kappa shape index (κ1) is 28.5. The third kappa shape index (κ3) is 7.98. The van der Waals surface area contributed by atoms with Crippen LogP contribution in [0.3, 0.4) is 0 Å². The SMILES string of the molecule is Nc1ccc(CCn2c(=O)n(CCCCCCCCOS(=O)O)c(=O)c3[nH]c(Cc4ccccc4)nc32)cc1. The van der Waals surface area contributed by atoms with Gasteiger partial charge >= 0.3 is 17.1 Å². The molecule has 1 unspecified atom stereocenters. The smallest absolute Gasteiger partial charge is 0.332 e. The lowest BCUT2D eigenvalue weighted by Crippen LogP contribution is -2.40. The lowest BCUT2D eigenvalue weighted by molar-refractivity contribution is 0.296. The van der Waals surface area contributed by atoms with Crippen molar-refractivity contribution in [1.29, 1.82) is 0 Å². The van der Waals surface area contributed by atoms with Crippen LogP contribution in [0.25, 0.3) is 11.2 Å². The molecule has 4 aromatic rings. The van der Waals surface area contributed by atoms with Gasteiger partial charge in [0.1, 0.15) is 11.3 Å². The molecule has 0 amide bonds. The molecular weight excluding hydrogens is 518 g/mol. The van der Waals surface area contributed by atoms with E-state index < -0.39 is 11.4 Å². The van der Waals surface area contributed by atoms with Gasteiger partial charge in [-0.05, 0) is 42.5 Å². The molecule has 10 nitrogen and oxygen atoms in total. The maximum absolute atomic E-state index is 13.5. The zero-order chi connectivity index (χ0) is 27.6. The first-order valence-corrected chi connectivity index (χ1v) is 14.3. The second-order valence-corrected chi connectivity index (χ2v) is 10.3. The Morgan fingerprint density at radius 1 is 0.872 bits per heavy atom. The number of nitrogens with zero attached hydrogens (tertiary/aromatic N) is 3. The number of fused-ring (bicyclic) bond motifs is 1. The fraction of sp³-hybridized carbons (Fsp3) is 0.393. The molecule has 4 rings (SSSR count). The van der Waals surface area contributed by atoms with Gasteiger partial charge in [-0.15, -0.1) is 0 Å². The van der Waals surface area contributed by atoms with Gasteiger partial charge in [0, 0.05) is 25.2 Å². The molecule has 2 aromatic heterocycles. The molecule has 0 aliphatic heterocycles. The number of aromatic amines is 1. The van der Waals surface area contributed by atoms with E-state index in [4.69, 9.17) is 10.3 Å². The number of nitrogens with two attached hydrogens (primary N) is 1. The molecule has 0 bridgehead atoms. The summed E-state index contributed by atoms with van der Waals surface area (Å²) in [4.78, 5) is 34.8. The average molecular weight is 554 g/mol. The topological polar surface area (TPSA) is 145 Å². The predicted octanol–water partition coefficient (Wildman–Crippen LogP) is 3.80. The van der Waals surface area contributed by atoms with Crippen molar-refractivity contribution in [3.05, 3.63) is 92.4 Å². The van der Waals surface area contributed by atoms with Crippen molar-refractivity contribution in [2.75, 3.05) is 12.3 Å². The van der Waals surface area contributed by atoms with Crippen molar-refractivity contribution in [2.45, 2.75) is 64.5 Å². The van der Waals surface area contributed by atoms with Crippen molar-refractivity contribution >= 4 is 28.2 Å². The standard InChI is InChI=1S/C28H35N5O5S/c29-23-14-12-21(13-15-23)16-18-32-26-25(30-24(31-26)20-22-10-6-5-7-11-22)27(34)33(28(32)35)17-8-3-1-2-4-9-19-38-39(36)37/h5-7,10-15H,1-4,8-9,16-20,29H2,(H,30,31)(H,36,37). The molecule has 0 aliphatic rings. The Morgan fingerprint density at radius 2 is 1.56 bits per heavy atom. The number of aromatic nitrogens is 4. The van der Waals surface area contributed by atoms with Gasteiger partial charge in [-0.2, -0.15) is 4.21 Å². The lowest BCUT2D eigenvalue weighted by Gasteiger charge is -2.11. The molecule has 0 spiro atoms. The molecule has 208 valence electrons. The van der Waals surface area contributed by atoms with Crippen LogP contribution in [-0.4, -0.2) is 34.5 Å². The maximum atomic E-state index is 13.5. The number of benzene rings is 2. The van der Waals surface area contributed by atoms with Crippen molar-refractivity contribution in [2.24, 2.45) is 0 Å². The summed E-state index contributed by atoms with van der Waals surface area (Å²) in [6.07, 6.45) is 6.18. The Bertz CT molecular complexity index is 1500. The zero-order valence-electron chi connectivity index (χ0n) is 21.9. The first-order chi connectivity index (χ1) is 18.9. The van der Waals surface area contributed by atoms with Gasteiger partial charge in [0.15, 0.2) is 5.65 Å². The second-order valence-electron chi connectivity index (χ2n) is 9.59. The molecule has 2 aromatic carbocycles. The predicted molar refractivity (Wildman–Crippen MR) is 153 cm³/mol. The van der Waals surface area contributed by atoms with E-state index in [1.807, 2.05) is 54.6 Å². The maximum Gasteiger partial charge on any atom is 0.332 e. The summed E-state index contributed by atoms with van der Waals surface area (Å²) >= 11 is -2.21. The Kier molecular flexibility index (Phi) is 10.2. The Balaban J connectivity index is 1.50. The summed E-state index contributed by atoms with van der Waals surface area (Å²) < 4.78 is 26.7. The van der Waals surface area contributed by atoms with Gasteiger partial charge in [-0.3, -0.25) is 22.7 Å². The molecule has 0 radical (unpaired) electrons. The minimum absolute atomic E-state index is 0.255. The van der Waals surface area contributed by atoms with Gasteiger partial charge in [0.05, 0.1) is 6.61 Å². The quantitative estimate of drug-likeness (QED) is 0.115. The van der Waals surface area contributed by atoms with Gasteiger partial charge in [0.25, 0.3) is 5.56 Å². The van der Waals surface area contributed by atoms with Crippen LogP contribution in [0.5, 0.6) is 0 Å². The van der Waals surface area contributed by atoms with Crippen LogP contribution in [-0.2, 0) is 41.5 Å². The molecule has 0 saturated heterocycles. The third-order valence-corrected chi connectivity index (χ3v) is 7.06. The van der Waals surface area contributed by atoms with E-state index in [2.05, 4.69) is 14.2 Å². The summed E-state index contributed by atoms with van der Waals surface area (Å²) in [7, 11) is 0. The normalized spacial score (nSPS) is 12.2. The highest BCUT2D eigenvalue weighted by atomic mass is 32.2. The minimum atomic E-state index is -2.21. The van der Waals surface area contributed by atoms with Gasteiger partial charge in [0.2, 0.25) is 0 Å². The van der Waals surface area contributed by atoms with Crippen LogP contribution >= 0.6 is 0 Å². The van der Waals surface area contributed by atoms with E-state index in [-0.39, 0.29) is 17.9 Å². The number of rotatable bonds is 15. The lowest BCUT2D eigenvalue weighted by atomic mass is 10.1. The molecule has 4 N–H and O–H groups in total. The molecule has 11 heteroatoms. The second kappa shape index (κ2) is 14.0. The van der Waals surface area contributed by atoms with E-state index in [1.54, 1.807) is 4.57 Å². The molecule has 1 atom stereocenters. The number of nitrogen functional groups attached to an aromatic ring is 1. The van der Waals surface area contributed by atoms with Crippen molar-refractivity contribution in [1.82, 2.24) is 19.1 Å². The van der Waals surface area contributed by atoms with Crippen molar-refractivity contribution < 1.29 is 12.9 Å². The Morgan fingerprint density at radius 3 is 2.28 bits per heavy atom. The molecule has 0 saturated carbocycles. The number of anilines is 1. The molecular formula is C28H35N5O5S. The third-order valence-electron chi connectivity index (χ3n) is 6.69. The molecule has 39 heavy (non-hydrogen) atoms. The van der Waals surface area contributed by atoms with Gasteiger partial charge in [-0.25, -0.2) is 9.78 Å². The summed E-state index contributed by atoms with van der Waals surface area (Å²) in [5.74, 6) is 0.640. The van der Waals surface area contributed by atoms with E-state index in [9.17, 15) is 13.8 Å².